The van der Waals surface area contributed by atoms with Gasteiger partial charge in [0.15, 0.2) is 0 Å². The number of hydrogen-bond donors (Lipinski definition) is 0. The van der Waals surface area contributed by atoms with Crippen molar-refractivity contribution in [3.63, 3.8) is 0 Å². The van der Waals surface area contributed by atoms with Crippen LogP contribution in [0.4, 0.5) is 0 Å². The number of rotatable bonds is 0. The van der Waals surface area contributed by atoms with Crippen LogP contribution < -0.4 is 0 Å². The molecular weight excluding hydrogens is 224 g/mol. The Bertz CT molecular complexity index is 596. The van der Waals surface area contributed by atoms with Crippen LogP contribution in [0, 0.1) is 23.7 Å². The van der Waals surface area contributed by atoms with Gasteiger partial charge in [-0.25, -0.2) is 9.97 Å². The first kappa shape index (κ1) is 11.6. The molecule has 3 nitrogen and oxygen atoms in total. The van der Waals surface area contributed by atoms with Crippen LogP contribution in [0.25, 0.3) is 0 Å². The van der Waals surface area contributed by atoms with E-state index in [-0.39, 0.29) is 0 Å². The van der Waals surface area contributed by atoms with Gasteiger partial charge in [-0.1, -0.05) is 12.1 Å². The Morgan fingerprint density at radius 3 is 1.72 bits per heavy atom. The SMILES string of the molecule is O=C(C#Cc1ccccn1)C#Cc1ccccn1. The largest absolute Gasteiger partial charge is 0.279 e. The molecule has 0 aliphatic carbocycles. The maximum atomic E-state index is 11.4. The Hall–Kier alpha value is -2.91. The summed E-state index contributed by atoms with van der Waals surface area (Å²) in [5.41, 5.74) is 1.09. The standard InChI is InChI=1S/C15H8N2O/c18-15(9-7-13-5-1-3-11-16-13)10-8-14-6-2-4-12-17-14/h1-6,11-12H. The zero-order valence-electron chi connectivity index (χ0n) is 9.42. The molecule has 0 radical (unpaired) electrons. The van der Waals surface area contributed by atoms with E-state index < -0.39 is 5.78 Å². The van der Waals surface area contributed by atoms with Gasteiger partial charge in [-0.05, 0) is 47.9 Å². The molecule has 2 rings (SSSR count). The summed E-state index contributed by atoms with van der Waals surface area (Å²) in [5.74, 6) is 9.67. The molecule has 0 unspecified atom stereocenters. The first-order valence-corrected chi connectivity index (χ1v) is 5.25. The van der Waals surface area contributed by atoms with Gasteiger partial charge in [0.2, 0.25) is 0 Å². The highest BCUT2D eigenvalue weighted by atomic mass is 16.1. The molecule has 2 aromatic heterocycles. The van der Waals surface area contributed by atoms with Crippen LogP contribution in [0.15, 0.2) is 48.8 Å². The van der Waals surface area contributed by atoms with E-state index in [1.54, 1.807) is 48.8 Å². The third-order valence-corrected chi connectivity index (χ3v) is 1.94. The molecule has 0 N–H and O–H groups in total. The molecule has 0 aliphatic rings. The zero-order chi connectivity index (χ0) is 12.6. The quantitative estimate of drug-likeness (QED) is 0.646. The van der Waals surface area contributed by atoms with Gasteiger partial charge in [0.05, 0.1) is 0 Å². The molecule has 0 bridgehead atoms. The van der Waals surface area contributed by atoms with E-state index in [2.05, 4.69) is 33.6 Å². The van der Waals surface area contributed by atoms with Crippen LogP contribution in [0.1, 0.15) is 11.4 Å². The van der Waals surface area contributed by atoms with E-state index in [0.29, 0.717) is 11.4 Å². The predicted octanol–water partition coefficient (Wildman–Crippen LogP) is 1.45. The van der Waals surface area contributed by atoms with Crippen LogP contribution in [0.2, 0.25) is 0 Å². The molecule has 3 heteroatoms. The highest BCUT2D eigenvalue weighted by Gasteiger charge is 1.90. The fourth-order valence-corrected chi connectivity index (χ4v) is 1.15. The molecule has 2 aromatic rings. The van der Waals surface area contributed by atoms with Gasteiger partial charge in [-0.2, -0.15) is 0 Å². The monoisotopic (exact) mass is 232 g/mol. The summed E-state index contributed by atoms with van der Waals surface area (Å²) in [5, 5.41) is 0. The lowest BCUT2D eigenvalue weighted by atomic mass is 10.3. The van der Waals surface area contributed by atoms with E-state index in [1.807, 2.05) is 0 Å². The van der Waals surface area contributed by atoms with E-state index in [0.717, 1.165) is 0 Å². The molecular formula is C15H8N2O. The molecule has 2 heterocycles. The number of carbonyl (C=O) groups is 1. The normalized spacial score (nSPS) is 8.44. The van der Waals surface area contributed by atoms with Gasteiger partial charge in [-0.3, -0.25) is 4.79 Å². The third-order valence-electron chi connectivity index (χ3n) is 1.94. The van der Waals surface area contributed by atoms with Crippen molar-refractivity contribution in [2.45, 2.75) is 0 Å². The van der Waals surface area contributed by atoms with Gasteiger partial charge in [0.1, 0.15) is 11.4 Å². The lowest BCUT2D eigenvalue weighted by Crippen LogP contribution is -1.89. The van der Waals surface area contributed by atoms with Gasteiger partial charge in [0, 0.05) is 12.4 Å². The molecule has 84 valence electrons. The van der Waals surface area contributed by atoms with Crippen molar-refractivity contribution >= 4 is 5.78 Å². The van der Waals surface area contributed by atoms with Crippen LogP contribution in [-0.2, 0) is 4.79 Å². The van der Waals surface area contributed by atoms with Crippen LogP contribution >= 0.6 is 0 Å². The van der Waals surface area contributed by atoms with Crippen molar-refractivity contribution in [2.75, 3.05) is 0 Å². The molecule has 0 fully saturated rings. The molecule has 0 spiro atoms. The minimum atomic E-state index is -0.452. The Morgan fingerprint density at radius 2 is 1.33 bits per heavy atom. The summed E-state index contributed by atoms with van der Waals surface area (Å²) in [7, 11) is 0. The van der Waals surface area contributed by atoms with E-state index in [4.69, 9.17) is 0 Å². The lowest BCUT2D eigenvalue weighted by molar-refractivity contribution is -0.108. The second-order valence-electron chi connectivity index (χ2n) is 3.26. The van der Waals surface area contributed by atoms with Crippen molar-refractivity contribution in [1.29, 1.82) is 0 Å². The predicted molar refractivity (Wildman–Crippen MR) is 67.2 cm³/mol. The van der Waals surface area contributed by atoms with Crippen LogP contribution in [0.5, 0.6) is 0 Å². The fraction of sp³-hybridized carbons (Fsp3) is 0. The first-order chi connectivity index (χ1) is 8.84. The second kappa shape index (κ2) is 5.98. The van der Waals surface area contributed by atoms with Crippen molar-refractivity contribution < 1.29 is 4.79 Å². The summed E-state index contributed by atoms with van der Waals surface area (Å²) in [6, 6.07) is 10.6. The van der Waals surface area contributed by atoms with Gasteiger partial charge < -0.3 is 0 Å². The maximum absolute atomic E-state index is 11.4. The third kappa shape index (κ3) is 3.59. The summed E-state index contributed by atoms with van der Waals surface area (Å²) < 4.78 is 0. The zero-order valence-corrected chi connectivity index (χ0v) is 9.42. The average Bonchev–Trinajstić information content (AvgIpc) is 2.45. The van der Waals surface area contributed by atoms with Crippen molar-refractivity contribution in [1.82, 2.24) is 9.97 Å². The smallest absolute Gasteiger partial charge is 0.270 e. The molecule has 18 heavy (non-hydrogen) atoms. The maximum Gasteiger partial charge on any atom is 0.279 e. The summed E-state index contributed by atoms with van der Waals surface area (Å²) in [4.78, 5) is 19.4. The molecule has 0 aromatic carbocycles. The lowest BCUT2D eigenvalue weighted by Gasteiger charge is -1.85. The fourth-order valence-electron chi connectivity index (χ4n) is 1.15. The molecule has 0 saturated carbocycles. The Balaban J connectivity index is 2.07. The van der Waals surface area contributed by atoms with Crippen LogP contribution in [0.3, 0.4) is 0 Å². The van der Waals surface area contributed by atoms with Gasteiger partial charge in [-0.15, -0.1) is 0 Å². The van der Waals surface area contributed by atoms with Crippen molar-refractivity contribution in [3.8, 4) is 23.7 Å². The van der Waals surface area contributed by atoms with Gasteiger partial charge >= 0.3 is 0 Å². The first-order valence-electron chi connectivity index (χ1n) is 5.25. The van der Waals surface area contributed by atoms with E-state index >= 15 is 0 Å². The molecule has 0 aliphatic heterocycles. The Morgan fingerprint density at radius 1 is 0.833 bits per heavy atom. The highest BCUT2D eigenvalue weighted by molar-refractivity contribution is 6.09. The van der Waals surface area contributed by atoms with E-state index in [9.17, 15) is 4.79 Å². The van der Waals surface area contributed by atoms with Crippen molar-refractivity contribution in [2.24, 2.45) is 0 Å². The number of nitrogens with zero attached hydrogens (tertiary/aromatic N) is 2. The van der Waals surface area contributed by atoms with Gasteiger partial charge in [0.25, 0.3) is 5.78 Å². The minimum absolute atomic E-state index is 0.452. The second-order valence-corrected chi connectivity index (χ2v) is 3.26. The summed E-state index contributed by atoms with van der Waals surface area (Å²) >= 11 is 0. The number of aromatic nitrogens is 2. The summed E-state index contributed by atoms with van der Waals surface area (Å²) in [6.07, 6.45) is 3.24. The van der Waals surface area contributed by atoms with Crippen LogP contribution in [-0.4, -0.2) is 15.8 Å². The topological polar surface area (TPSA) is 42.9 Å². The molecule has 0 atom stereocenters. The number of Topliss-reactive ketones (excluding diaryl/α,β-unsaturated/α-hetero) is 1. The highest BCUT2D eigenvalue weighted by Crippen LogP contribution is 1.90. The Kier molecular flexibility index (Phi) is 3.85. The summed E-state index contributed by atoms with van der Waals surface area (Å²) in [6.45, 7) is 0. The number of ketones is 1. The number of hydrogen-bond acceptors (Lipinski definition) is 3. The van der Waals surface area contributed by atoms with Crippen molar-refractivity contribution in [3.05, 3.63) is 60.2 Å². The molecule has 0 saturated heterocycles. The van der Waals surface area contributed by atoms with E-state index in [1.165, 1.54) is 0 Å². The Labute approximate surface area is 105 Å². The number of carbonyl (C=O) groups excluding carboxylic acids is 1. The molecule has 0 amide bonds. The minimum Gasteiger partial charge on any atom is -0.270 e. The average molecular weight is 232 g/mol. The number of pyridine rings is 2.